The number of nitrogens with zero attached hydrogens (tertiary/aromatic N) is 2. The molecule has 1 aromatic carbocycles. The van der Waals surface area contributed by atoms with Gasteiger partial charge in [-0.3, -0.25) is 5.32 Å². The molecule has 6 heteroatoms. The highest BCUT2D eigenvalue weighted by atomic mass is 35.5. The smallest absolute Gasteiger partial charge is 0.317 e. The number of aromatic nitrogens is 1. The molecular formula is C16H15Cl2N3O. The lowest BCUT2D eigenvalue weighted by atomic mass is 10.2. The number of pyridine rings is 1. The number of hydrogen-bond donors (Lipinski definition) is 1. The Bertz CT molecular complexity index is 674. The highest BCUT2D eigenvalue weighted by Gasteiger charge is 2.32. The van der Waals surface area contributed by atoms with Crippen LogP contribution in [0.4, 0.5) is 10.6 Å². The van der Waals surface area contributed by atoms with E-state index >= 15 is 0 Å². The molecule has 1 aliphatic carbocycles. The molecule has 1 aromatic heterocycles. The van der Waals surface area contributed by atoms with Crippen molar-refractivity contribution in [3.8, 4) is 0 Å². The minimum absolute atomic E-state index is 0.146. The van der Waals surface area contributed by atoms with Crippen molar-refractivity contribution in [1.82, 2.24) is 9.88 Å². The Morgan fingerprint density at radius 1 is 1.23 bits per heavy atom. The minimum Gasteiger partial charge on any atom is -0.317 e. The molecule has 1 fully saturated rings. The predicted octanol–water partition coefficient (Wildman–Crippen LogP) is 4.58. The van der Waals surface area contributed by atoms with E-state index in [-0.39, 0.29) is 12.1 Å². The zero-order valence-corrected chi connectivity index (χ0v) is 13.3. The Kier molecular flexibility index (Phi) is 4.50. The second-order valence-electron chi connectivity index (χ2n) is 5.25. The number of urea groups is 1. The maximum absolute atomic E-state index is 12.5. The molecule has 0 atom stereocenters. The second kappa shape index (κ2) is 6.55. The monoisotopic (exact) mass is 335 g/mol. The molecule has 1 heterocycles. The molecule has 0 aliphatic heterocycles. The first-order valence-electron chi connectivity index (χ1n) is 7.06. The molecule has 0 spiro atoms. The van der Waals surface area contributed by atoms with Gasteiger partial charge in [-0.1, -0.05) is 35.3 Å². The van der Waals surface area contributed by atoms with E-state index in [0.29, 0.717) is 22.4 Å². The lowest BCUT2D eigenvalue weighted by Gasteiger charge is -2.23. The molecule has 2 aromatic rings. The van der Waals surface area contributed by atoms with Crippen LogP contribution in [0.15, 0.2) is 42.6 Å². The highest BCUT2D eigenvalue weighted by Crippen LogP contribution is 2.30. The van der Waals surface area contributed by atoms with Gasteiger partial charge in [0.15, 0.2) is 0 Å². The van der Waals surface area contributed by atoms with Gasteiger partial charge in [0.2, 0.25) is 0 Å². The van der Waals surface area contributed by atoms with Gasteiger partial charge in [-0.25, -0.2) is 9.78 Å². The quantitative estimate of drug-likeness (QED) is 0.888. The molecule has 1 saturated carbocycles. The highest BCUT2D eigenvalue weighted by molar-refractivity contribution is 6.42. The molecule has 0 saturated heterocycles. The van der Waals surface area contributed by atoms with Gasteiger partial charge in [0, 0.05) is 18.8 Å². The number of carbonyl (C=O) groups is 1. The van der Waals surface area contributed by atoms with E-state index < -0.39 is 0 Å². The molecule has 0 radical (unpaired) electrons. The van der Waals surface area contributed by atoms with Gasteiger partial charge in [0.1, 0.15) is 5.82 Å². The third-order valence-electron chi connectivity index (χ3n) is 3.49. The van der Waals surface area contributed by atoms with Crippen molar-refractivity contribution < 1.29 is 4.79 Å². The number of rotatable bonds is 4. The largest absolute Gasteiger partial charge is 0.323 e. The number of anilines is 1. The number of carbonyl (C=O) groups excluding carboxylic acids is 1. The van der Waals surface area contributed by atoms with Crippen LogP contribution < -0.4 is 5.32 Å². The van der Waals surface area contributed by atoms with Crippen molar-refractivity contribution in [2.75, 3.05) is 5.32 Å². The lowest BCUT2D eigenvalue weighted by Crippen LogP contribution is -2.36. The fraction of sp³-hybridized carbons (Fsp3) is 0.250. The summed E-state index contributed by atoms with van der Waals surface area (Å²) in [5.74, 6) is 0.548. The van der Waals surface area contributed by atoms with Crippen LogP contribution >= 0.6 is 23.2 Å². The normalized spacial score (nSPS) is 13.7. The number of nitrogens with one attached hydrogen (secondary N) is 1. The number of benzene rings is 1. The van der Waals surface area contributed by atoms with Crippen LogP contribution in [0.25, 0.3) is 0 Å². The van der Waals surface area contributed by atoms with Crippen LogP contribution in [0, 0.1) is 0 Å². The van der Waals surface area contributed by atoms with E-state index in [1.807, 2.05) is 23.1 Å². The molecule has 1 aliphatic rings. The van der Waals surface area contributed by atoms with Crippen LogP contribution in [-0.2, 0) is 6.54 Å². The standard InChI is InChI=1S/C16H15Cl2N3O/c17-13-7-4-11(9-14(13)18)10-21(12-5-6-12)16(22)20-15-3-1-2-8-19-15/h1-4,7-9,12H,5-6,10H2,(H,19,20,22). The molecular weight excluding hydrogens is 321 g/mol. The molecule has 3 rings (SSSR count). The van der Waals surface area contributed by atoms with Gasteiger partial charge < -0.3 is 4.90 Å². The van der Waals surface area contributed by atoms with E-state index in [1.54, 1.807) is 24.4 Å². The van der Waals surface area contributed by atoms with Crippen LogP contribution in [0.5, 0.6) is 0 Å². The summed E-state index contributed by atoms with van der Waals surface area (Å²) in [6.07, 6.45) is 3.70. The summed E-state index contributed by atoms with van der Waals surface area (Å²) in [6, 6.07) is 11.0. The van der Waals surface area contributed by atoms with Crippen LogP contribution in [0.3, 0.4) is 0 Å². The van der Waals surface area contributed by atoms with Crippen LogP contribution in [0.2, 0.25) is 10.0 Å². The summed E-state index contributed by atoms with van der Waals surface area (Å²) in [5.41, 5.74) is 0.956. The second-order valence-corrected chi connectivity index (χ2v) is 6.07. The van der Waals surface area contributed by atoms with Crippen molar-refractivity contribution in [3.63, 3.8) is 0 Å². The average molecular weight is 336 g/mol. The number of hydrogen-bond acceptors (Lipinski definition) is 2. The summed E-state index contributed by atoms with van der Waals surface area (Å²) >= 11 is 12.0. The first kappa shape index (κ1) is 15.1. The van der Waals surface area contributed by atoms with Crippen molar-refractivity contribution >= 4 is 35.1 Å². The van der Waals surface area contributed by atoms with Gasteiger partial charge in [0.25, 0.3) is 0 Å². The van der Waals surface area contributed by atoms with E-state index in [1.165, 1.54) is 0 Å². The van der Waals surface area contributed by atoms with Crippen molar-refractivity contribution in [3.05, 3.63) is 58.2 Å². The molecule has 1 N–H and O–H groups in total. The fourth-order valence-electron chi connectivity index (χ4n) is 2.21. The van der Waals surface area contributed by atoms with Gasteiger partial charge in [-0.2, -0.15) is 0 Å². The Balaban J connectivity index is 1.72. The zero-order chi connectivity index (χ0) is 15.5. The Morgan fingerprint density at radius 3 is 2.68 bits per heavy atom. The minimum atomic E-state index is -0.146. The van der Waals surface area contributed by atoms with Gasteiger partial charge >= 0.3 is 6.03 Å². The first-order valence-corrected chi connectivity index (χ1v) is 7.81. The van der Waals surface area contributed by atoms with Gasteiger partial charge in [-0.05, 0) is 42.7 Å². The SMILES string of the molecule is O=C(Nc1ccccn1)N(Cc1ccc(Cl)c(Cl)c1)C1CC1. The first-order chi connectivity index (χ1) is 10.6. The predicted molar refractivity (Wildman–Crippen MR) is 88.3 cm³/mol. The summed E-state index contributed by atoms with van der Waals surface area (Å²) in [6.45, 7) is 0.500. The topological polar surface area (TPSA) is 45.2 Å². The molecule has 0 bridgehead atoms. The summed E-state index contributed by atoms with van der Waals surface area (Å²) in [5, 5.41) is 3.84. The maximum atomic E-state index is 12.5. The third-order valence-corrected chi connectivity index (χ3v) is 4.22. The average Bonchev–Trinajstić information content (AvgIpc) is 3.34. The molecule has 0 unspecified atom stereocenters. The van der Waals surface area contributed by atoms with Crippen molar-refractivity contribution in [2.24, 2.45) is 0 Å². The maximum Gasteiger partial charge on any atom is 0.323 e. The fourth-order valence-corrected chi connectivity index (χ4v) is 2.53. The summed E-state index contributed by atoms with van der Waals surface area (Å²) in [7, 11) is 0. The van der Waals surface area contributed by atoms with Crippen LogP contribution in [0.1, 0.15) is 18.4 Å². The van der Waals surface area contributed by atoms with Crippen LogP contribution in [-0.4, -0.2) is 22.0 Å². The van der Waals surface area contributed by atoms with E-state index in [9.17, 15) is 4.79 Å². The molecule has 4 nitrogen and oxygen atoms in total. The molecule has 2 amide bonds. The number of halogens is 2. The Labute approximate surface area is 139 Å². The van der Waals surface area contributed by atoms with Crippen molar-refractivity contribution in [1.29, 1.82) is 0 Å². The van der Waals surface area contributed by atoms with E-state index in [4.69, 9.17) is 23.2 Å². The molecule has 114 valence electrons. The lowest BCUT2D eigenvalue weighted by molar-refractivity contribution is 0.206. The van der Waals surface area contributed by atoms with E-state index in [2.05, 4.69) is 10.3 Å². The number of amides is 2. The van der Waals surface area contributed by atoms with E-state index in [0.717, 1.165) is 18.4 Å². The molecule has 22 heavy (non-hydrogen) atoms. The summed E-state index contributed by atoms with van der Waals surface area (Å²) < 4.78 is 0. The van der Waals surface area contributed by atoms with Gasteiger partial charge in [0.05, 0.1) is 10.0 Å². The third kappa shape index (κ3) is 3.70. The summed E-state index contributed by atoms with van der Waals surface area (Å²) in [4.78, 5) is 18.4. The van der Waals surface area contributed by atoms with Gasteiger partial charge in [-0.15, -0.1) is 0 Å². The van der Waals surface area contributed by atoms with Crippen molar-refractivity contribution in [2.45, 2.75) is 25.4 Å². The Morgan fingerprint density at radius 2 is 2.05 bits per heavy atom. The Hall–Kier alpha value is -1.78. The zero-order valence-electron chi connectivity index (χ0n) is 11.8.